The molecule has 18 heavy (non-hydrogen) atoms. The maximum Gasteiger partial charge on any atom is 0.305 e. The zero-order valence-electron chi connectivity index (χ0n) is 9.88. The Kier molecular flexibility index (Phi) is 3.88. The van der Waals surface area contributed by atoms with Crippen molar-refractivity contribution in [1.29, 1.82) is 0 Å². The molecule has 1 fully saturated rings. The van der Waals surface area contributed by atoms with Crippen molar-refractivity contribution in [2.75, 3.05) is 13.2 Å². The summed E-state index contributed by atoms with van der Waals surface area (Å²) < 4.78 is 13.9. The van der Waals surface area contributed by atoms with Crippen molar-refractivity contribution >= 4 is 5.69 Å². The highest BCUT2D eigenvalue weighted by Crippen LogP contribution is 2.29. The molecule has 0 saturated heterocycles. The van der Waals surface area contributed by atoms with Crippen LogP contribution in [0.15, 0.2) is 18.2 Å². The summed E-state index contributed by atoms with van der Waals surface area (Å²) >= 11 is 0. The van der Waals surface area contributed by atoms with Crippen LogP contribution in [-0.2, 0) is 6.54 Å². The Hall–Kier alpha value is -1.53. The molecular weight excluding hydrogens is 239 g/mol. The third kappa shape index (κ3) is 2.83. The van der Waals surface area contributed by atoms with Gasteiger partial charge in [0.2, 0.25) is 5.82 Å². The largest absolute Gasteiger partial charge is 0.395 e. The third-order valence-corrected chi connectivity index (χ3v) is 3.08. The van der Waals surface area contributed by atoms with Gasteiger partial charge in [0, 0.05) is 30.8 Å². The van der Waals surface area contributed by atoms with Crippen LogP contribution in [0.2, 0.25) is 0 Å². The number of nitro benzene ring substituents is 1. The monoisotopic (exact) mass is 254 g/mol. The van der Waals surface area contributed by atoms with Gasteiger partial charge in [-0.15, -0.1) is 0 Å². The van der Waals surface area contributed by atoms with Crippen LogP contribution < -0.4 is 0 Å². The molecule has 1 N–H and O–H groups in total. The number of hydrogen-bond donors (Lipinski definition) is 1. The third-order valence-electron chi connectivity index (χ3n) is 3.08. The van der Waals surface area contributed by atoms with Gasteiger partial charge in [-0.2, -0.15) is 4.39 Å². The quantitative estimate of drug-likeness (QED) is 0.619. The Morgan fingerprint density at radius 2 is 2.22 bits per heavy atom. The Labute approximate surface area is 104 Å². The maximum atomic E-state index is 13.9. The molecule has 5 nitrogen and oxygen atoms in total. The zero-order valence-corrected chi connectivity index (χ0v) is 9.88. The average molecular weight is 254 g/mol. The topological polar surface area (TPSA) is 66.6 Å². The van der Waals surface area contributed by atoms with Crippen LogP contribution in [0.3, 0.4) is 0 Å². The first-order valence-corrected chi connectivity index (χ1v) is 5.90. The summed E-state index contributed by atoms with van der Waals surface area (Å²) in [7, 11) is 0. The molecule has 0 aromatic heterocycles. The van der Waals surface area contributed by atoms with Crippen LogP contribution in [0.25, 0.3) is 0 Å². The number of hydrogen-bond acceptors (Lipinski definition) is 4. The van der Waals surface area contributed by atoms with E-state index in [2.05, 4.69) is 0 Å². The van der Waals surface area contributed by atoms with E-state index in [1.807, 2.05) is 4.90 Å². The van der Waals surface area contributed by atoms with Crippen molar-refractivity contribution in [3.8, 4) is 0 Å². The van der Waals surface area contributed by atoms with E-state index < -0.39 is 16.4 Å². The predicted octanol–water partition coefficient (Wildman–Crippen LogP) is 1.69. The Morgan fingerprint density at radius 3 is 2.78 bits per heavy atom. The minimum atomic E-state index is -0.772. The van der Waals surface area contributed by atoms with Crippen molar-refractivity contribution in [3.05, 3.63) is 39.7 Å². The molecule has 0 bridgehead atoms. The lowest BCUT2D eigenvalue weighted by atomic mass is 10.1. The maximum absolute atomic E-state index is 13.9. The summed E-state index contributed by atoms with van der Waals surface area (Å²) in [6.45, 7) is 0.776. The predicted molar refractivity (Wildman–Crippen MR) is 63.6 cm³/mol. The number of benzene rings is 1. The Balaban J connectivity index is 2.17. The highest BCUT2D eigenvalue weighted by molar-refractivity contribution is 5.36. The smallest absolute Gasteiger partial charge is 0.305 e. The number of nitrogens with zero attached hydrogens (tertiary/aromatic N) is 2. The van der Waals surface area contributed by atoms with Gasteiger partial charge in [-0.05, 0) is 12.8 Å². The molecule has 0 unspecified atom stereocenters. The summed E-state index contributed by atoms with van der Waals surface area (Å²) in [5.74, 6) is -0.772. The number of aliphatic hydroxyl groups excluding tert-OH is 1. The van der Waals surface area contributed by atoms with E-state index in [4.69, 9.17) is 5.11 Å². The highest BCUT2D eigenvalue weighted by atomic mass is 19.1. The lowest BCUT2D eigenvalue weighted by molar-refractivity contribution is -0.387. The van der Waals surface area contributed by atoms with Gasteiger partial charge in [-0.25, -0.2) is 0 Å². The van der Waals surface area contributed by atoms with Gasteiger partial charge in [-0.1, -0.05) is 12.1 Å². The number of nitro groups is 1. The second kappa shape index (κ2) is 5.41. The molecule has 0 radical (unpaired) electrons. The molecule has 0 heterocycles. The fourth-order valence-electron chi connectivity index (χ4n) is 2.01. The molecule has 1 aromatic rings. The summed E-state index contributed by atoms with van der Waals surface area (Å²) in [5, 5.41) is 19.6. The zero-order chi connectivity index (χ0) is 13.1. The minimum absolute atomic E-state index is 0.00699. The normalized spacial score (nSPS) is 15.1. The molecule has 6 heteroatoms. The number of halogens is 1. The van der Waals surface area contributed by atoms with Crippen LogP contribution in [0.1, 0.15) is 18.4 Å². The van der Waals surface area contributed by atoms with Crippen molar-refractivity contribution in [3.63, 3.8) is 0 Å². The fraction of sp³-hybridized carbons (Fsp3) is 0.500. The first-order chi connectivity index (χ1) is 8.63. The van der Waals surface area contributed by atoms with Gasteiger partial charge in [0.15, 0.2) is 0 Å². The van der Waals surface area contributed by atoms with Gasteiger partial charge < -0.3 is 5.11 Å². The van der Waals surface area contributed by atoms with Crippen LogP contribution in [0, 0.1) is 15.9 Å². The van der Waals surface area contributed by atoms with Crippen LogP contribution in [0.4, 0.5) is 10.1 Å². The van der Waals surface area contributed by atoms with Gasteiger partial charge >= 0.3 is 5.69 Å². The van der Waals surface area contributed by atoms with Crippen molar-refractivity contribution in [1.82, 2.24) is 4.90 Å². The standard InChI is InChI=1S/C12H15FN2O3/c13-12-9(2-1-3-11(12)15(17)18)8-14(6-7-16)10-4-5-10/h1-3,10,16H,4-8H2. The number of aliphatic hydroxyl groups is 1. The Morgan fingerprint density at radius 1 is 1.50 bits per heavy atom. The second-order valence-corrected chi connectivity index (χ2v) is 4.43. The van der Waals surface area contributed by atoms with Gasteiger partial charge in [0.05, 0.1) is 11.5 Å². The molecule has 1 aromatic carbocycles. The van der Waals surface area contributed by atoms with Crippen molar-refractivity contribution < 1.29 is 14.4 Å². The molecular formula is C12H15FN2O3. The van der Waals surface area contributed by atoms with E-state index in [9.17, 15) is 14.5 Å². The lowest BCUT2D eigenvalue weighted by Crippen LogP contribution is -2.29. The van der Waals surface area contributed by atoms with Crippen LogP contribution in [0.5, 0.6) is 0 Å². The van der Waals surface area contributed by atoms with Crippen LogP contribution >= 0.6 is 0 Å². The van der Waals surface area contributed by atoms with Crippen molar-refractivity contribution in [2.24, 2.45) is 0 Å². The molecule has 0 atom stereocenters. The first kappa shape index (κ1) is 12.9. The van der Waals surface area contributed by atoms with E-state index in [1.54, 1.807) is 6.07 Å². The summed E-state index contributed by atoms with van der Waals surface area (Å²) in [5.41, 5.74) is -0.184. The van der Waals surface area contributed by atoms with Crippen LogP contribution in [-0.4, -0.2) is 34.1 Å². The van der Waals surface area contributed by atoms with E-state index in [-0.39, 0.29) is 6.61 Å². The molecule has 98 valence electrons. The SMILES string of the molecule is O=[N+]([O-])c1cccc(CN(CCO)C2CC2)c1F. The van der Waals surface area contributed by atoms with Gasteiger partial charge in [0.1, 0.15) is 0 Å². The number of rotatable bonds is 6. The van der Waals surface area contributed by atoms with Gasteiger partial charge in [-0.3, -0.25) is 15.0 Å². The van der Waals surface area contributed by atoms with E-state index in [0.29, 0.717) is 24.7 Å². The summed E-state index contributed by atoms with van der Waals surface area (Å²) in [6, 6.07) is 4.57. The van der Waals surface area contributed by atoms with E-state index in [1.165, 1.54) is 6.07 Å². The second-order valence-electron chi connectivity index (χ2n) is 4.43. The fourth-order valence-corrected chi connectivity index (χ4v) is 2.01. The molecule has 1 aliphatic carbocycles. The lowest BCUT2D eigenvalue weighted by Gasteiger charge is -2.20. The molecule has 0 spiro atoms. The van der Waals surface area contributed by atoms with Gasteiger partial charge in [0.25, 0.3) is 0 Å². The average Bonchev–Trinajstić information content (AvgIpc) is 3.14. The van der Waals surface area contributed by atoms with E-state index >= 15 is 0 Å². The molecule has 1 aliphatic rings. The molecule has 1 saturated carbocycles. The van der Waals surface area contributed by atoms with E-state index in [0.717, 1.165) is 18.9 Å². The molecule has 0 aliphatic heterocycles. The summed E-state index contributed by atoms with van der Waals surface area (Å²) in [4.78, 5) is 11.9. The minimum Gasteiger partial charge on any atom is -0.395 e. The summed E-state index contributed by atoms with van der Waals surface area (Å²) in [6.07, 6.45) is 2.08. The molecule has 0 amide bonds. The first-order valence-electron chi connectivity index (χ1n) is 5.90. The Bertz CT molecular complexity index is 449. The highest BCUT2D eigenvalue weighted by Gasteiger charge is 2.29. The van der Waals surface area contributed by atoms with Crippen molar-refractivity contribution in [2.45, 2.75) is 25.4 Å². The molecule has 2 rings (SSSR count).